The molecule has 82 valence electrons. The van der Waals surface area contributed by atoms with E-state index in [1.807, 2.05) is 0 Å². The molecule has 5 heteroatoms. The predicted molar refractivity (Wildman–Crippen MR) is 54.7 cm³/mol. The average Bonchev–Trinajstić information content (AvgIpc) is 2.60. The van der Waals surface area contributed by atoms with E-state index in [2.05, 4.69) is 4.98 Å². The molecule has 1 unspecified atom stereocenters. The van der Waals surface area contributed by atoms with Gasteiger partial charge in [-0.1, -0.05) is 0 Å². The molecular weight excluding hydrogens is 196 g/mol. The highest BCUT2D eigenvalue weighted by Gasteiger charge is 2.23. The number of nitrogens with zero attached hydrogens (tertiary/aromatic N) is 1. The van der Waals surface area contributed by atoms with Crippen LogP contribution in [0.5, 0.6) is 0 Å². The molecule has 1 heterocycles. The van der Waals surface area contributed by atoms with Gasteiger partial charge in [-0.15, -0.1) is 0 Å². The number of carbonyl (C=O) groups is 2. The highest BCUT2D eigenvalue weighted by Crippen LogP contribution is 2.10. The molecule has 0 fully saturated rings. The fraction of sp³-hybridized carbons (Fsp3) is 0.400. The normalized spacial score (nSPS) is 12.2. The van der Waals surface area contributed by atoms with Crippen molar-refractivity contribution in [2.24, 2.45) is 0 Å². The second-order valence-corrected chi connectivity index (χ2v) is 3.48. The van der Waals surface area contributed by atoms with Crippen LogP contribution in [0.15, 0.2) is 12.4 Å². The van der Waals surface area contributed by atoms with Gasteiger partial charge in [-0.05, 0) is 19.4 Å². The molecule has 15 heavy (non-hydrogen) atoms. The molecule has 5 nitrogen and oxygen atoms in total. The number of hydrogen-bond donors (Lipinski definition) is 2. The second-order valence-electron chi connectivity index (χ2n) is 3.48. The maximum atomic E-state index is 11.8. The molecule has 0 aliphatic heterocycles. The first kappa shape index (κ1) is 11.3. The van der Waals surface area contributed by atoms with Crippen molar-refractivity contribution in [1.82, 2.24) is 9.88 Å². The third-order valence-electron chi connectivity index (χ3n) is 2.44. The van der Waals surface area contributed by atoms with Gasteiger partial charge in [-0.25, -0.2) is 4.79 Å². The molecule has 0 radical (unpaired) electrons. The lowest BCUT2D eigenvalue weighted by molar-refractivity contribution is -0.141. The van der Waals surface area contributed by atoms with Crippen molar-refractivity contribution in [2.75, 3.05) is 7.05 Å². The number of aryl methyl sites for hydroxylation is 1. The summed E-state index contributed by atoms with van der Waals surface area (Å²) in [6.07, 6.45) is 3.27. The number of carbonyl (C=O) groups excluding carboxylic acids is 1. The van der Waals surface area contributed by atoms with Gasteiger partial charge in [-0.2, -0.15) is 0 Å². The number of hydrogen-bond acceptors (Lipinski definition) is 2. The molecule has 0 saturated heterocycles. The van der Waals surface area contributed by atoms with Gasteiger partial charge in [-0.3, -0.25) is 4.79 Å². The topological polar surface area (TPSA) is 73.4 Å². The van der Waals surface area contributed by atoms with Crippen molar-refractivity contribution >= 4 is 11.9 Å². The summed E-state index contributed by atoms with van der Waals surface area (Å²) in [6.45, 7) is 3.27. The maximum Gasteiger partial charge on any atom is 0.326 e. The summed E-state index contributed by atoms with van der Waals surface area (Å²) in [4.78, 5) is 26.5. The first-order valence-electron chi connectivity index (χ1n) is 4.58. The van der Waals surface area contributed by atoms with Crippen molar-refractivity contribution in [1.29, 1.82) is 0 Å². The van der Waals surface area contributed by atoms with Crippen LogP contribution in [0, 0.1) is 6.92 Å². The van der Waals surface area contributed by atoms with E-state index in [0.717, 1.165) is 5.56 Å². The smallest absolute Gasteiger partial charge is 0.326 e. The van der Waals surface area contributed by atoms with E-state index < -0.39 is 12.0 Å². The molecule has 2 N–H and O–H groups in total. The number of rotatable bonds is 3. The monoisotopic (exact) mass is 210 g/mol. The number of amides is 1. The summed E-state index contributed by atoms with van der Waals surface area (Å²) < 4.78 is 0. The Labute approximate surface area is 87.7 Å². The van der Waals surface area contributed by atoms with E-state index in [1.165, 1.54) is 18.9 Å². The van der Waals surface area contributed by atoms with Crippen LogP contribution in [-0.2, 0) is 4.79 Å². The number of carboxylic acids is 1. The third kappa shape index (κ3) is 2.18. The van der Waals surface area contributed by atoms with Crippen molar-refractivity contribution in [3.8, 4) is 0 Å². The maximum absolute atomic E-state index is 11.8. The van der Waals surface area contributed by atoms with Crippen LogP contribution in [0.2, 0.25) is 0 Å². The van der Waals surface area contributed by atoms with E-state index in [-0.39, 0.29) is 5.91 Å². The number of nitrogens with one attached hydrogen (secondary N) is 1. The SMILES string of the molecule is Cc1c[nH]cc1C(=O)N(C)C(C)C(=O)O. The summed E-state index contributed by atoms with van der Waals surface area (Å²) in [7, 11) is 1.48. The molecule has 1 aromatic rings. The van der Waals surface area contributed by atoms with Crippen LogP contribution in [-0.4, -0.2) is 40.0 Å². The van der Waals surface area contributed by atoms with Crippen molar-refractivity contribution in [3.63, 3.8) is 0 Å². The highest BCUT2D eigenvalue weighted by molar-refractivity contribution is 5.97. The second kappa shape index (κ2) is 4.16. The van der Waals surface area contributed by atoms with Crippen LogP contribution < -0.4 is 0 Å². The Bertz CT molecular complexity index is 384. The largest absolute Gasteiger partial charge is 0.480 e. The van der Waals surface area contributed by atoms with Gasteiger partial charge < -0.3 is 15.0 Å². The lowest BCUT2D eigenvalue weighted by Crippen LogP contribution is -2.40. The van der Waals surface area contributed by atoms with E-state index in [1.54, 1.807) is 19.3 Å². The van der Waals surface area contributed by atoms with E-state index in [9.17, 15) is 9.59 Å². The van der Waals surface area contributed by atoms with Gasteiger partial charge in [0.25, 0.3) is 5.91 Å². The lowest BCUT2D eigenvalue weighted by Gasteiger charge is -2.21. The summed E-state index contributed by atoms with van der Waals surface area (Å²) in [5, 5.41) is 8.77. The fourth-order valence-electron chi connectivity index (χ4n) is 1.20. The minimum Gasteiger partial charge on any atom is -0.480 e. The Morgan fingerprint density at radius 3 is 2.47 bits per heavy atom. The van der Waals surface area contributed by atoms with Gasteiger partial charge >= 0.3 is 5.97 Å². The Hall–Kier alpha value is -1.78. The summed E-state index contributed by atoms with van der Waals surface area (Å²) >= 11 is 0. The zero-order valence-electron chi connectivity index (χ0n) is 8.94. The number of aromatic nitrogens is 1. The molecule has 0 aliphatic carbocycles. The van der Waals surface area contributed by atoms with Crippen LogP contribution in [0.4, 0.5) is 0 Å². The molecule has 0 bridgehead atoms. The Morgan fingerprint density at radius 1 is 1.47 bits per heavy atom. The Balaban J connectivity index is 2.86. The van der Waals surface area contributed by atoms with Crippen LogP contribution >= 0.6 is 0 Å². The number of H-pyrrole nitrogens is 1. The van der Waals surface area contributed by atoms with Crippen LogP contribution in [0.1, 0.15) is 22.8 Å². The minimum absolute atomic E-state index is 0.288. The highest BCUT2D eigenvalue weighted by atomic mass is 16.4. The fourth-order valence-corrected chi connectivity index (χ4v) is 1.20. The molecule has 1 aromatic heterocycles. The summed E-state index contributed by atoms with van der Waals surface area (Å²) in [5.74, 6) is -1.30. The van der Waals surface area contributed by atoms with E-state index >= 15 is 0 Å². The minimum atomic E-state index is -1.01. The van der Waals surface area contributed by atoms with Crippen LogP contribution in [0.25, 0.3) is 0 Å². The van der Waals surface area contributed by atoms with Gasteiger partial charge in [0.15, 0.2) is 0 Å². The summed E-state index contributed by atoms with van der Waals surface area (Å²) in [5.41, 5.74) is 1.31. The molecule has 0 saturated carbocycles. The van der Waals surface area contributed by atoms with E-state index in [4.69, 9.17) is 5.11 Å². The van der Waals surface area contributed by atoms with Crippen molar-refractivity contribution in [3.05, 3.63) is 23.5 Å². The number of likely N-dealkylation sites (N-methyl/N-ethyl adjacent to an activating group) is 1. The number of aromatic amines is 1. The molecule has 0 spiro atoms. The van der Waals surface area contributed by atoms with Gasteiger partial charge in [0.1, 0.15) is 6.04 Å². The van der Waals surface area contributed by atoms with Gasteiger partial charge in [0.05, 0.1) is 5.56 Å². The first-order chi connectivity index (χ1) is 6.95. The molecule has 1 atom stereocenters. The average molecular weight is 210 g/mol. The quantitative estimate of drug-likeness (QED) is 0.777. The Kier molecular flexibility index (Phi) is 3.14. The zero-order valence-corrected chi connectivity index (χ0v) is 8.94. The molecule has 0 aliphatic rings. The number of aliphatic carboxylic acids is 1. The first-order valence-corrected chi connectivity index (χ1v) is 4.58. The molecular formula is C10H14N2O3. The predicted octanol–water partition coefficient (Wildman–Crippen LogP) is 0.868. The summed E-state index contributed by atoms with van der Waals surface area (Å²) in [6, 6.07) is -0.827. The van der Waals surface area contributed by atoms with Crippen molar-refractivity contribution < 1.29 is 14.7 Å². The zero-order chi connectivity index (χ0) is 11.6. The Morgan fingerprint density at radius 2 is 2.07 bits per heavy atom. The van der Waals surface area contributed by atoms with Crippen molar-refractivity contribution in [2.45, 2.75) is 19.9 Å². The van der Waals surface area contributed by atoms with Gasteiger partial charge in [0.2, 0.25) is 0 Å². The molecule has 0 aromatic carbocycles. The molecule has 1 rings (SSSR count). The standard InChI is InChI=1S/C10H14N2O3/c1-6-4-11-5-8(6)9(13)12(3)7(2)10(14)15/h4-5,7,11H,1-3H3,(H,14,15). The lowest BCUT2D eigenvalue weighted by atomic mass is 10.2. The molecule has 1 amide bonds. The third-order valence-corrected chi connectivity index (χ3v) is 2.44. The van der Waals surface area contributed by atoms with E-state index in [0.29, 0.717) is 5.56 Å². The number of carboxylic acid groups (broad SMARTS) is 1. The van der Waals surface area contributed by atoms with Crippen LogP contribution in [0.3, 0.4) is 0 Å². The van der Waals surface area contributed by atoms with Gasteiger partial charge in [0, 0.05) is 19.4 Å².